The van der Waals surface area contributed by atoms with Crippen LogP contribution in [0.25, 0.3) is 0 Å². The van der Waals surface area contributed by atoms with Crippen molar-refractivity contribution in [2.75, 3.05) is 6.61 Å². The average Bonchev–Trinajstić information content (AvgIpc) is 2.64. The zero-order valence-electron chi connectivity index (χ0n) is 15.7. The van der Waals surface area contributed by atoms with Gasteiger partial charge in [-0.3, -0.25) is 4.79 Å². The minimum atomic E-state index is -0.808. The average molecular weight is 373 g/mol. The standard InChI is InChI=1S/C21H24FNO4/c1-4-26-18-10-8-16(9-11-18)20(24)23-19(14(2)3)21(25)27-13-15-6-5-7-17(22)12-15/h5-12,14,19H,4,13H2,1-3H3,(H,23,24)/t19-/m1/s1. The second-order valence-electron chi connectivity index (χ2n) is 6.39. The number of hydrogen-bond donors (Lipinski definition) is 1. The topological polar surface area (TPSA) is 64.6 Å². The molecule has 1 atom stereocenters. The van der Waals surface area contributed by atoms with Gasteiger partial charge in [-0.15, -0.1) is 0 Å². The molecule has 5 nitrogen and oxygen atoms in total. The van der Waals surface area contributed by atoms with Crippen molar-refractivity contribution >= 4 is 11.9 Å². The van der Waals surface area contributed by atoms with Crippen molar-refractivity contribution in [1.82, 2.24) is 5.32 Å². The molecule has 0 aromatic heterocycles. The summed E-state index contributed by atoms with van der Waals surface area (Å²) < 4.78 is 23.8. The van der Waals surface area contributed by atoms with Gasteiger partial charge in [-0.25, -0.2) is 9.18 Å². The smallest absolute Gasteiger partial charge is 0.329 e. The fourth-order valence-electron chi connectivity index (χ4n) is 2.46. The van der Waals surface area contributed by atoms with E-state index < -0.39 is 17.8 Å². The van der Waals surface area contributed by atoms with Crippen LogP contribution in [-0.2, 0) is 16.1 Å². The maximum atomic E-state index is 13.2. The number of halogens is 1. The van der Waals surface area contributed by atoms with Crippen molar-refractivity contribution in [1.29, 1.82) is 0 Å². The fourth-order valence-corrected chi connectivity index (χ4v) is 2.46. The maximum Gasteiger partial charge on any atom is 0.329 e. The van der Waals surface area contributed by atoms with Gasteiger partial charge >= 0.3 is 5.97 Å². The Hall–Kier alpha value is -2.89. The number of carbonyl (C=O) groups is 2. The lowest BCUT2D eigenvalue weighted by Gasteiger charge is -2.21. The summed E-state index contributed by atoms with van der Waals surface area (Å²) in [5.41, 5.74) is 0.964. The van der Waals surface area contributed by atoms with Gasteiger partial charge in [0, 0.05) is 5.56 Å². The molecule has 0 aliphatic heterocycles. The number of benzene rings is 2. The number of hydrogen-bond acceptors (Lipinski definition) is 4. The Balaban J connectivity index is 1.98. The van der Waals surface area contributed by atoms with Crippen LogP contribution in [-0.4, -0.2) is 24.5 Å². The molecule has 2 rings (SSSR count). The highest BCUT2D eigenvalue weighted by Crippen LogP contribution is 2.14. The van der Waals surface area contributed by atoms with Crippen LogP contribution in [0.4, 0.5) is 4.39 Å². The summed E-state index contributed by atoms with van der Waals surface area (Å²) in [4.78, 5) is 24.8. The number of carbonyl (C=O) groups excluding carboxylic acids is 2. The number of ether oxygens (including phenoxy) is 2. The molecule has 27 heavy (non-hydrogen) atoms. The summed E-state index contributed by atoms with van der Waals surface area (Å²) >= 11 is 0. The first-order valence-corrected chi connectivity index (χ1v) is 8.85. The molecule has 1 amide bonds. The van der Waals surface area contributed by atoms with Gasteiger partial charge < -0.3 is 14.8 Å². The Labute approximate surface area is 158 Å². The molecule has 1 N–H and O–H groups in total. The van der Waals surface area contributed by atoms with Gasteiger partial charge in [-0.2, -0.15) is 0 Å². The third-order valence-corrected chi connectivity index (χ3v) is 3.90. The van der Waals surface area contributed by atoms with Crippen molar-refractivity contribution in [2.45, 2.75) is 33.4 Å². The summed E-state index contributed by atoms with van der Waals surface area (Å²) in [6.07, 6.45) is 0. The summed E-state index contributed by atoms with van der Waals surface area (Å²) in [5.74, 6) is -0.832. The summed E-state index contributed by atoms with van der Waals surface area (Å²) in [6.45, 7) is 5.99. The Morgan fingerprint density at radius 2 is 1.81 bits per heavy atom. The highest BCUT2D eigenvalue weighted by molar-refractivity contribution is 5.96. The molecular formula is C21H24FNO4. The lowest BCUT2D eigenvalue weighted by Crippen LogP contribution is -2.45. The second kappa shape index (κ2) is 9.71. The maximum absolute atomic E-state index is 13.2. The Bertz CT molecular complexity index is 774. The van der Waals surface area contributed by atoms with Crippen LogP contribution < -0.4 is 10.1 Å². The lowest BCUT2D eigenvalue weighted by atomic mass is 10.0. The van der Waals surface area contributed by atoms with E-state index in [1.807, 2.05) is 20.8 Å². The monoisotopic (exact) mass is 373 g/mol. The van der Waals surface area contributed by atoms with E-state index in [0.29, 0.717) is 23.5 Å². The third-order valence-electron chi connectivity index (χ3n) is 3.90. The van der Waals surface area contributed by atoms with E-state index in [2.05, 4.69) is 5.32 Å². The highest BCUT2D eigenvalue weighted by atomic mass is 19.1. The molecule has 0 aliphatic carbocycles. The van der Waals surface area contributed by atoms with Gasteiger partial charge in [0.25, 0.3) is 5.91 Å². The first kappa shape index (κ1) is 20.4. The van der Waals surface area contributed by atoms with Crippen LogP contribution >= 0.6 is 0 Å². The predicted molar refractivity (Wildman–Crippen MR) is 99.9 cm³/mol. The molecule has 0 fully saturated rings. The highest BCUT2D eigenvalue weighted by Gasteiger charge is 2.26. The first-order valence-electron chi connectivity index (χ1n) is 8.85. The normalized spacial score (nSPS) is 11.7. The molecule has 144 valence electrons. The third kappa shape index (κ3) is 6.09. The minimum Gasteiger partial charge on any atom is -0.494 e. The van der Waals surface area contributed by atoms with Crippen LogP contribution in [0.3, 0.4) is 0 Å². The summed E-state index contributed by atoms with van der Waals surface area (Å²) in [5, 5.41) is 2.70. The van der Waals surface area contributed by atoms with Gasteiger partial charge in [0.1, 0.15) is 24.2 Å². The molecule has 0 heterocycles. The second-order valence-corrected chi connectivity index (χ2v) is 6.39. The van der Waals surface area contributed by atoms with E-state index >= 15 is 0 Å². The minimum absolute atomic E-state index is 0.0568. The summed E-state index contributed by atoms with van der Waals surface area (Å²) in [7, 11) is 0. The van der Waals surface area contributed by atoms with E-state index in [1.54, 1.807) is 36.4 Å². The molecule has 2 aromatic carbocycles. The fraction of sp³-hybridized carbons (Fsp3) is 0.333. The van der Waals surface area contributed by atoms with Crippen molar-refractivity contribution in [2.24, 2.45) is 5.92 Å². The number of rotatable bonds is 8. The van der Waals surface area contributed by atoms with Gasteiger partial charge in [0.15, 0.2) is 0 Å². The van der Waals surface area contributed by atoms with E-state index in [9.17, 15) is 14.0 Å². The molecule has 2 aromatic rings. The van der Waals surface area contributed by atoms with Crippen LogP contribution in [0, 0.1) is 11.7 Å². The predicted octanol–water partition coefficient (Wildman–Crippen LogP) is 3.72. The number of nitrogens with one attached hydrogen (secondary N) is 1. The van der Waals surface area contributed by atoms with Gasteiger partial charge in [0.2, 0.25) is 0 Å². The largest absolute Gasteiger partial charge is 0.494 e. The molecular weight excluding hydrogens is 349 g/mol. The molecule has 0 saturated heterocycles. The van der Waals surface area contributed by atoms with E-state index in [1.165, 1.54) is 12.1 Å². The van der Waals surface area contributed by atoms with Crippen LogP contribution in [0.5, 0.6) is 5.75 Å². The van der Waals surface area contributed by atoms with E-state index in [4.69, 9.17) is 9.47 Å². The zero-order chi connectivity index (χ0) is 19.8. The van der Waals surface area contributed by atoms with Crippen LogP contribution in [0.1, 0.15) is 36.7 Å². The molecule has 0 saturated carbocycles. The molecule has 0 radical (unpaired) electrons. The Kier molecular flexibility index (Phi) is 7.34. The molecule has 0 spiro atoms. The van der Waals surface area contributed by atoms with Gasteiger partial charge in [0.05, 0.1) is 6.61 Å². The number of esters is 1. The zero-order valence-corrected chi connectivity index (χ0v) is 15.7. The lowest BCUT2D eigenvalue weighted by molar-refractivity contribution is -0.148. The quantitative estimate of drug-likeness (QED) is 0.716. The van der Waals surface area contributed by atoms with Crippen molar-refractivity contribution < 1.29 is 23.5 Å². The molecule has 0 bridgehead atoms. The van der Waals surface area contributed by atoms with Gasteiger partial charge in [-0.05, 0) is 54.8 Å². The number of amides is 1. The van der Waals surface area contributed by atoms with E-state index in [-0.39, 0.29) is 18.4 Å². The van der Waals surface area contributed by atoms with Crippen LogP contribution in [0.15, 0.2) is 48.5 Å². The van der Waals surface area contributed by atoms with Crippen molar-refractivity contribution in [3.63, 3.8) is 0 Å². The Morgan fingerprint density at radius 3 is 2.41 bits per heavy atom. The first-order chi connectivity index (χ1) is 12.9. The summed E-state index contributed by atoms with van der Waals surface area (Å²) in [6, 6.07) is 11.7. The van der Waals surface area contributed by atoms with E-state index in [0.717, 1.165) is 0 Å². The van der Waals surface area contributed by atoms with Crippen LogP contribution in [0.2, 0.25) is 0 Å². The molecule has 0 aliphatic rings. The Morgan fingerprint density at radius 1 is 1.11 bits per heavy atom. The van der Waals surface area contributed by atoms with Crippen molar-refractivity contribution in [3.8, 4) is 5.75 Å². The molecule has 6 heteroatoms. The SMILES string of the molecule is CCOc1ccc(C(=O)N[C@@H](C(=O)OCc2cccc(F)c2)C(C)C)cc1. The van der Waals surface area contributed by atoms with Crippen molar-refractivity contribution in [3.05, 3.63) is 65.5 Å². The molecule has 0 unspecified atom stereocenters. The van der Waals surface area contributed by atoms with Gasteiger partial charge in [-0.1, -0.05) is 26.0 Å².